The maximum atomic E-state index is 11.6. The highest BCUT2D eigenvalue weighted by atomic mass is 32.2. The number of hydrogen-bond acceptors (Lipinski definition) is 4. The Labute approximate surface area is 113 Å². The Bertz CT molecular complexity index is 489. The summed E-state index contributed by atoms with van der Waals surface area (Å²) >= 11 is 0.981. The number of para-hydroxylation sites is 1. The van der Waals surface area contributed by atoms with Crippen LogP contribution in [0.3, 0.4) is 0 Å². The van der Waals surface area contributed by atoms with E-state index >= 15 is 0 Å². The molecule has 19 heavy (non-hydrogen) atoms. The number of hydrogen-bond donors (Lipinski definition) is 3. The number of rotatable bonds is 7. The molecule has 0 unspecified atom stereocenters. The molecule has 0 saturated heterocycles. The van der Waals surface area contributed by atoms with E-state index in [4.69, 9.17) is 10.2 Å². The molecule has 1 amide bonds. The monoisotopic (exact) mass is 283 g/mol. The van der Waals surface area contributed by atoms with Crippen molar-refractivity contribution < 1.29 is 24.6 Å². The zero-order valence-electron chi connectivity index (χ0n) is 9.96. The molecule has 1 aromatic carbocycles. The van der Waals surface area contributed by atoms with Crippen LogP contribution < -0.4 is 5.32 Å². The molecule has 0 saturated carbocycles. The molecule has 0 spiro atoms. The lowest BCUT2D eigenvalue weighted by Crippen LogP contribution is -2.17. The average molecular weight is 283 g/mol. The summed E-state index contributed by atoms with van der Waals surface area (Å²) in [5, 5.41) is 19.8. The second-order valence-corrected chi connectivity index (χ2v) is 4.65. The number of carboxylic acid groups (broad SMARTS) is 2. The first-order valence-electron chi connectivity index (χ1n) is 5.38. The summed E-state index contributed by atoms with van der Waals surface area (Å²) in [6.45, 7) is 0. The van der Waals surface area contributed by atoms with E-state index in [9.17, 15) is 14.4 Å². The number of carboxylic acids is 2. The molecule has 0 aliphatic heterocycles. The first kappa shape index (κ1) is 15.0. The van der Waals surface area contributed by atoms with Gasteiger partial charge in [-0.15, -0.1) is 11.8 Å². The van der Waals surface area contributed by atoms with Crippen LogP contribution in [0.2, 0.25) is 0 Å². The van der Waals surface area contributed by atoms with Crippen LogP contribution in [0, 0.1) is 0 Å². The van der Waals surface area contributed by atoms with Gasteiger partial charge in [0.05, 0.1) is 17.9 Å². The Morgan fingerprint density at radius 3 is 2.37 bits per heavy atom. The molecule has 0 atom stereocenters. The molecule has 6 nitrogen and oxygen atoms in total. The zero-order chi connectivity index (χ0) is 14.3. The van der Waals surface area contributed by atoms with Crippen LogP contribution in [0.25, 0.3) is 0 Å². The lowest BCUT2D eigenvalue weighted by Gasteiger charge is -2.09. The summed E-state index contributed by atoms with van der Waals surface area (Å²) in [5.74, 6) is -2.46. The minimum absolute atomic E-state index is 0.00764. The first-order valence-corrected chi connectivity index (χ1v) is 6.53. The molecule has 0 fully saturated rings. The van der Waals surface area contributed by atoms with Crippen molar-refractivity contribution >= 4 is 35.3 Å². The van der Waals surface area contributed by atoms with E-state index in [0.29, 0.717) is 11.3 Å². The van der Waals surface area contributed by atoms with Crippen molar-refractivity contribution in [2.75, 3.05) is 16.8 Å². The van der Waals surface area contributed by atoms with Gasteiger partial charge in [0.2, 0.25) is 5.91 Å². The number of anilines is 1. The van der Waals surface area contributed by atoms with E-state index < -0.39 is 11.9 Å². The van der Waals surface area contributed by atoms with Crippen LogP contribution in [0.15, 0.2) is 24.3 Å². The third-order valence-corrected chi connectivity index (χ3v) is 3.01. The third-order valence-electron chi connectivity index (χ3n) is 2.09. The average Bonchev–Trinajstić information content (AvgIpc) is 2.30. The Morgan fingerprint density at radius 2 is 1.74 bits per heavy atom. The third kappa shape index (κ3) is 5.91. The Morgan fingerprint density at radius 1 is 1.05 bits per heavy atom. The summed E-state index contributed by atoms with van der Waals surface area (Å²) in [5.41, 5.74) is 0.942. The SMILES string of the molecule is O=C(O)CSCC(=O)Nc1ccccc1CC(=O)O. The van der Waals surface area contributed by atoms with Crippen molar-refractivity contribution in [3.8, 4) is 0 Å². The highest BCUT2D eigenvalue weighted by Crippen LogP contribution is 2.16. The van der Waals surface area contributed by atoms with Crippen LogP contribution in [-0.4, -0.2) is 39.6 Å². The topological polar surface area (TPSA) is 104 Å². The Kier molecular flexibility index (Phi) is 5.87. The van der Waals surface area contributed by atoms with E-state index in [0.717, 1.165) is 11.8 Å². The quantitative estimate of drug-likeness (QED) is 0.691. The molecule has 3 N–H and O–H groups in total. The van der Waals surface area contributed by atoms with Gasteiger partial charge in [0.1, 0.15) is 0 Å². The number of benzene rings is 1. The molecule has 1 rings (SSSR count). The van der Waals surface area contributed by atoms with Gasteiger partial charge in [-0.3, -0.25) is 14.4 Å². The van der Waals surface area contributed by atoms with E-state index in [1.807, 2.05) is 0 Å². The molecule has 7 heteroatoms. The molecule has 0 aliphatic carbocycles. The van der Waals surface area contributed by atoms with Gasteiger partial charge < -0.3 is 15.5 Å². The maximum Gasteiger partial charge on any atom is 0.313 e. The van der Waals surface area contributed by atoms with E-state index in [-0.39, 0.29) is 23.8 Å². The predicted octanol–water partition coefficient (Wildman–Crippen LogP) is 1.07. The summed E-state index contributed by atoms with van der Waals surface area (Å²) in [4.78, 5) is 32.5. The van der Waals surface area contributed by atoms with Crippen LogP contribution in [0.4, 0.5) is 5.69 Å². The van der Waals surface area contributed by atoms with E-state index in [1.165, 1.54) is 0 Å². The number of carbonyl (C=O) groups excluding carboxylic acids is 1. The van der Waals surface area contributed by atoms with Crippen LogP contribution in [0.1, 0.15) is 5.56 Å². The molecule has 102 valence electrons. The number of thioether (sulfide) groups is 1. The lowest BCUT2D eigenvalue weighted by molar-refractivity contribution is -0.136. The van der Waals surface area contributed by atoms with E-state index in [2.05, 4.69) is 5.32 Å². The molecular weight excluding hydrogens is 270 g/mol. The Balaban J connectivity index is 2.58. The Hall–Kier alpha value is -2.02. The standard InChI is InChI=1S/C12H13NO5S/c14-10(6-19-7-12(17)18)13-9-4-2-1-3-8(9)5-11(15)16/h1-4H,5-7H2,(H,13,14)(H,15,16)(H,17,18). The molecule has 0 aliphatic rings. The van der Waals surface area contributed by atoms with Crippen molar-refractivity contribution in [3.05, 3.63) is 29.8 Å². The molecule has 0 radical (unpaired) electrons. The fourth-order valence-corrected chi connectivity index (χ4v) is 1.91. The number of carbonyl (C=O) groups is 3. The normalized spacial score (nSPS) is 9.89. The smallest absolute Gasteiger partial charge is 0.313 e. The highest BCUT2D eigenvalue weighted by molar-refractivity contribution is 8.00. The van der Waals surface area contributed by atoms with E-state index in [1.54, 1.807) is 24.3 Å². The molecule has 0 bridgehead atoms. The molecular formula is C12H13NO5S. The van der Waals surface area contributed by atoms with Gasteiger partial charge in [0.15, 0.2) is 0 Å². The minimum atomic E-state index is -0.984. The van der Waals surface area contributed by atoms with Gasteiger partial charge in [0.25, 0.3) is 0 Å². The first-order chi connectivity index (χ1) is 8.99. The maximum absolute atomic E-state index is 11.6. The van der Waals surface area contributed by atoms with Gasteiger partial charge >= 0.3 is 11.9 Å². The van der Waals surface area contributed by atoms with Crippen LogP contribution in [-0.2, 0) is 20.8 Å². The molecule has 0 heterocycles. The van der Waals surface area contributed by atoms with Crippen molar-refractivity contribution in [2.45, 2.75) is 6.42 Å². The second-order valence-electron chi connectivity index (χ2n) is 3.66. The summed E-state index contributed by atoms with van der Waals surface area (Å²) < 4.78 is 0. The lowest BCUT2D eigenvalue weighted by atomic mass is 10.1. The number of nitrogens with one attached hydrogen (secondary N) is 1. The van der Waals surface area contributed by atoms with Gasteiger partial charge in [-0.1, -0.05) is 18.2 Å². The predicted molar refractivity (Wildman–Crippen MR) is 71.4 cm³/mol. The number of amides is 1. The van der Waals surface area contributed by atoms with Gasteiger partial charge in [-0.2, -0.15) is 0 Å². The van der Waals surface area contributed by atoms with Crippen LogP contribution >= 0.6 is 11.8 Å². The van der Waals surface area contributed by atoms with Gasteiger partial charge in [-0.25, -0.2) is 0 Å². The number of aliphatic carboxylic acids is 2. The fourth-order valence-electron chi connectivity index (χ4n) is 1.38. The second kappa shape index (κ2) is 7.42. The fraction of sp³-hybridized carbons (Fsp3) is 0.250. The summed E-state index contributed by atoms with van der Waals surface area (Å²) in [6.07, 6.45) is -0.182. The zero-order valence-corrected chi connectivity index (χ0v) is 10.8. The van der Waals surface area contributed by atoms with Crippen molar-refractivity contribution in [2.24, 2.45) is 0 Å². The summed E-state index contributed by atoms with van der Waals surface area (Å²) in [6, 6.07) is 6.60. The van der Waals surface area contributed by atoms with Crippen LogP contribution in [0.5, 0.6) is 0 Å². The largest absolute Gasteiger partial charge is 0.481 e. The summed E-state index contributed by atoms with van der Waals surface area (Å²) in [7, 11) is 0. The van der Waals surface area contributed by atoms with Crippen molar-refractivity contribution in [1.82, 2.24) is 0 Å². The van der Waals surface area contributed by atoms with Gasteiger partial charge in [0, 0.05) is 5.69 Å². The van der Waals surface area contributed by atoms with Gasteiger partial charge in [-0.05, 0) is 11.6 Å². The molecule has 1 aromatic rings. The van der Waals surface area contributed by atoms with Crippen molar-refractivity contribution in [3.63, 3.8) is 0 Å². The minimum Gasteiger partial charge on any atom is -0.481 e. The molecule has 0 aromatic heterocycles. The van der Waals surface area contributed by atoms with Crippen molar-refractivity contribution in [1.29, 1.82) is 0 Å². The highest BCUT2D eigenvalue weighted by Gasteiger charge is 2.09.